The van der Waals surface area contributed by atoms with Crippen LogP contribution in [0.2, 0.25) is 0 Å². The van der Waals surface area contributed by atoms with Crippen molar-refractivity contribution in [2.24, 2.45) is 0 Å². The number of methoxy groups -OCH3 is 1. The minimum atomic E-state index is -0.809. The standard InChI is InChI=1S/C41H41N3O6S/c1-48-39(46)36(23-28-8-3-2-4-9-28)44-41(47)43-25-30-10-7-11-34(22-30)31-17-19-33(20-18-31)40-49-35(27-51-38-12-5-6-21-42-38)24-37(50-40)32-15-13-29(26-45)14-16-32/h2-22,35-37,40,45H,23-27H2,1H3,(H2,43,44,47). The van der Waals surface area contributed by atoms with Crippen LogP contribution >= 0.6 is 11.8 Å². The Labute approximate surface area is 302 Å². The highest BCUT2D eigenvalue weighted by atomic mass is 32.2. The van der Waals surface area contributed by atoms with Crippen LogP contribution in [0.3, 0.4) is 0 Å². The van der Waals surface area contributed by atoms with Gasteiger partial charge < -0.3 is 30.0 Å². The van der Waals surface area contributed by atoms with E-state index in [0.717, 1.165) is 49.7 Å². The Morgan fingerprint density at radius 3 is 2.31 bits per heavy atom. The van der Waals surface area contributed by atoms with E-state index in [1.54, 1.807) is 18.0 Å². The van der Waals surface area contributed by atoms with Crippen LogP contribution in [-0.4, -0.2) is 47.1 Å². The molecule has 2 heterocycles. The molecule has 51 heavy (non-hydrogen) atoms. The van der Waals surface area contributed by atoms with Crippen molar-refractivity contribution < 1.29 is 28.9 Å². The van der Waals surface area contributed by atoms with Crippen LogP contribution in [0.15, 0.2) is 133 Å². The molecule has 1 saturated heterocycles. The maximum absolute atomic E-state index is 12.8. The van der Waals surface area contributed by atoms with E-state index < -0.39 is 24.3 Å². The van der Waals surface area contributed by atoms with Gasteiger partial charge in [0.1, 0.15) is 6.04 Å². The van der Waals surface area contributed by atoms with E-state index in [2.05, 4.69) is 15.6 Å². The van der Waals surface area contributed by atoms with Crippen molar-refractivity contribution in [2.75, 3.05) is 12.9 Å². The number of rotatable bonds is 13. The summed E-state index contributed by atoms with van der Waals surface area (Å²) in [6.07, 6.45) is 2.01. The summed E-state index contributed by atoms with van der Waals surface area (Å²) < 4.78 is 18.0. The Kier molecular flexibility index (Phi) is 12.5. The number of carbonyl (C=O) groups is 2. The Morgan fingerprint density at radius 2 is 1.59 bits per heavy atom. The average Bonchev–Trinajstić information content (AvgIpc) is 3.19. The molecule has 6 rings (SSSR count). The predicted octanol–water partition coefficient (Wildman–Crippen LogP) is 7.16. The van der Waals surface area contributed by atoms with E-state index in [1.165, 1.54) is 7.11 Å². The van der Waals surface area contributed by atoms with Crippen molar-refractivity contribution in [1.29, 1.82) is 0 Å². The highest BCUT2D eigenvalue weighted by molar-refractivity contribution is 7.99. The molecule has 262 valence electrons. The molecule has 0 spiro atoms. The van der Waals surface area contributed by atoms with Gasteiger partial charge in [-0.05, 0) is 51.6 Å². The van der Waals surface area contributed by atoms with E-state index in [4.69, 9.17) is 14.2 Å². The zero-order valence-electron chi connectivity index (χ0n) is 28.3. The molecule has 9 nitrogen and oxygen atoms in total. The molecule has 3 N–H and O–H groups in total. The third kappa shape index (κ3) is 10.0. The normalized spacial score (nSPS) is 17.6. The minimum Gasteiger partial charge on any atom is -0.467 e. The molecule has 1 aliphatic heterocycles. The molecule has 0 saturated carbocycles. The summed E-state index contributed by atoms with van der Waals surface area (Å²) in [6, 6.07) is 38.1. The molecular formula is C41H41N3O6S. The topological polar surface area (TPSA) is 119 Å². The van der Waals surface area contributed by atoms with Gasteiger partial charge in [0, 0.05) is 36.9 Å². The van der Waals surface area contributed by atoms with Gasteiger partial charge >= 0.3 is 12.0 Å². The molecule has 1 aliphatic rings. The number of thioether (sulfide) groups is 1. The second kappa shape index (κ2) is 17.8. The molecule has 2 amide bonds. The number of carbonyl (C=O) groups excluding carboxylic acids is 2. The van der Waals surface area contributed by atoms with E-state index in [-0.39, 0.29) is 25.4 Å². The summed E-state index contributed by atoms with van der Waals surface area (Å²) in [5.41, 5.74) is 6.64. The number of pyridine rings is 1. The Morgan fingerprint density at radius 1 is 0.843 bits per heavy atom. The lowest BCUT2D eigenvalue weighted by molar-refractivity contribution is -0.245. The number of esters is 1. The highest BCUT2D eigenvalue weighted by Gasteiger charge is 2.32. The number of nitrogens with zero attached hydrogens (tertiary/aromatic N) is 1. The first kappa shape index (κ1) is 35.8. The minimum absolute atomic E-state index is 0.00532. The molecule has 10 heteroatoms. The Bertz CT molecular complexity index is 1860. The maximum atomic E-state index is 12.8. The van der Waals surface area contributed by atoms with Crippen molar-refractivity contribution in [3.05, 3.63) is 155 Å². The molecule has 0 radical (unpaired) electrons. The van der Waals surface area contributed by atoms with Crippen molar-refractivity contribution in [2.45, 2.75) is 55.6 Å². The quantitative estimate of drug-likeness (QED) is 0.0874. The number of aliphatic hydroxyl groups excluding tert-OH is 1. The summed E-state index contributed by atoms with van der Waals surface area (Å²) in [7, 11) is 1.31. The van der Waals surface area contributed by atoms with Crippen molar-refractivity contribution in [3.63, 3.8) is 0 Å². The third-order valence-corrected chi connectivity index (χ3v) is 9.72. The third-order valence-electron chi connectivity index (χ3n) is 8.64. The van der Waals surface area contributed by atoms with Gasteiger partial charge in [-0.25, -0.2) is 14.6 Å². The maximum Gasteiger partial charge on any atom is 0.328 e. The average molecular weight is 704 g/mol. The summed E-state index contributed by atoms with van der Waals surface area (Å²) in [5.74, 6) is 0.227. The number of hydrogen-bond donors (Lipinski definition) is 3. The van der Waals surface area contributed by atoms with E-state index in [9.17, 15) is 14.7 Å². The molecule has 4 atom stereocenters. The number of urea groups is 1. The SMILES string of the molecule is COC(=O)C(Cc1ccccc1)NC(=O)NCc1cccc(-c2ccc(C3OC(CSc4ccccn4)CC(c4ccc(CO)cc4)O3)cc2)c1. The van der Waals surface area contributed by atoms with E-state index >= 15 is 0 Å². The van der Waals surface area contributed by atoms with Crippen LogP contribution in [0.25, 0.3) is 11.1 Å². The largest absolute Gasteiger partial charge is 0.467 e. The number of aromatic nitrogens is 1. The van der Waals surface area contributed by atoms with Gasteiger partial charge in [-0.15, -0.1) is 11.8 Å². The molecule has 1 aromatic heterocycles. The second-order valence-electron chi connectivity index (χ2n) is 12.2. The van der Waals surface area contributed by atoms with Crippen LogP contribution in [0.5, 0.6) is 0 Å². The number of benzene rings is 4. The van der Waals surface area contributed by atoms with Gasteiger partial charge in [-0.2, -0.15) is 0 Å². The second-order valence-corrected chi connectivity index (χ2v) is 13.3. The predicted molar refractivity (Wildman–Crippen MR) is 197 cm³/mol. The number of aliphatic hydroxyl groups is 1. The zero-order valence-corrected chi connectivity index (χ0v) is 29.1. The number of nitrogens with one attached hydrogen (secondary N) is 2. The smallest absolute Gasteiger partial charge is 0.328 e. The number of ether oxygens (including phenoxy) is 3. The first-order chi connectivity index (χ1) is 25.0. The number of hydrogen-bond acceptors (Lipinski definition) is 8. The lowest BCUT2D eigenvalue weighted by Gasteiger charge is -2.36. The van der Waals surface area contributed by atoms with Gasteiger partial charge in [0.05, 0.1) is 31.0 Å². The van der Waals surface area contributed by atoms with Crippen LogP contribution in [0.4, 0.5) is 4.79 Å². The molecule has 0 bridgehead atoms. The summed E-state index contributed by atoms with van der Waals surface area (Å²) in [6.45, 7) is 0.272. The van der Waals surface area contributed by atoms with Crippen molar-refractivity contribution in [1.82, 2.24) is 15.6 Å². The first-order valence-corrected chi connectivity index (χ1v) is 17.9. The van der Waals surface area contributed by atoms with Crippen LogP contribution < -0.4 is 10.6 Å². The fourth-order valence-electron chi connectivity index (χ4n) is 5.90. The molecule has 0 aliphatic carbocycles. The summed E-state index contributed by atoms with van der Waals surface area (Å²) in [5, 5.41) is 16.1. The van der Waals surface area contributed by atoms with Gasteiger partial charge in [0.2, 0.25) is 0 Å². The summed E-state index contributed by atoms with van der Waals surface area (Å²) in [4.78, 5) is 29.6. The van der Waals surface area contributed by atoms with Gasteiger partial charge in [-0.1, -0.05) is 103 Å². The lowest BCUT2D eigenvalue weighted by Crippen LogP contribution is -2.47. The summed E-state index contributed by atoms with van der Waals surface area (Å²) >= 11 is 1.66. The molecule has 4 aromatic carbocycles. The molecule has 4 unspecified atom stereocenters. The highest BCUT2D eigenvalue weighted by Crippen LogP contribution is 2.39. The van der Waals surface area contributed by atoms with Gasteiger partial charge in [-0.3, -0.25) is 0 Å². The van der Waals surface area contributed by atoms with Gasteiger partial charge in [0.25, 0.3) is 0 Å². The zero-order chi connectivity index (χ0) is 35.4. The van der Waals surface area contributed by atoms with Crippen molar-refractivity contribution >= 4 is 23.8 Å². The fraction of sp³-hybridized carbons (Fsp3) is 0.244. The molecule has 1 fully saturated rings. The molecular weight excluding hydrogens is 663 g/mol. The van der Waals surface area contributed by atoms with E-state index in [0.29, 0.717) is 12.8 Å². The first-order valence-electron chi connectivity index (χ1n) is 16.9. The number of amides is 2. The van der Waals surface area contributed by atoms with Crippen molar-refractivity contribution in [3.8, 4) is 11.1 Å². The Balaban J connectivity index is 1.10. The van der Waals surface area contributed by atoms with E-state index in [1.807, 2.05) is 121 Å². The van der Waals surface area contributed by atoms with Crippen LogP contribution in [0, 0.1) is 0 Å². The van der Waals surface area contributed by atoms with Crippen LogP contribution in [-0.2, 0) is 38.6 Å². The monoisotopic (exact) mass is 703 g/mol. The lowest BCUT2D eigenvalue weighted by atomic mass is 9.99. The van der Waals surface area contributed by atoms with Gasteiger partial charge in [0.15, 0.2) is 6.29 Å². The molecule has 5 aromatic rings. The Hall–Kier alpha value is -5.00. The van der Waals surface area contributed by atoms with Crippen LogP contribution in [0.1, 0.15) is 46.6 Å². The fourth-order valence-corrected chi connectivity index (χ4v) is 6.79.